The highest BCUT2D eigenvalue weighted by Gasteiger charge is 2.11. The fraction of sp³-hybridized carbons (Fsp3) is 0.280. The van der Waals surface area contributed by atoms with Crippen molar-refractivity contribution in [2.75, 3.05) is 19.5 Å². The number of methoxy groups -OCH3 is 1. The molecule has 0 amide bonds. The molecule has 1 heterocycles. The minimum atomic E-state index is -0.359. The summed E-state index contributed by atoms with van der Waals surface area (Å²) in [6.07, 6.45) is 8.17. The van der Waals surface area contributed by atoms with Crippen LogP contribution in [0.4, 0.5) is 5.69 Å². The average Bonchev–Trinajstić information content (AvgIpc) is 2.80. The van der Waals surface area contributed by atoms with Crippen LogP contribution < -0.4 is 10.1 Å². The maximum atomic E-state index is 11.1. The van der Waals surface area contributed by atoms with E-state index in [4.69, 9.17) is 4.74 Å². The molecule has 30 heavy (non-hydrogen) atoms. The van der Waals surface area contributed by atoms with E-state index in [1.807, 2.05) is 18.2 Å². The molecule has 0 spiro atoms. The van der Waals surface area contributed by atoms with E-state index in [0.29, 0.717) is 11.3 Å². The van der Waals surface area contributed by atoms with Crippen LogP contribution in [-0.2, 0) is 17.6 Å². The van der Waals surface area contributed by atoms with Gasteiger partial charge in [-0.05, 0) is 73.6 Å². The van der Waals surface area contributed by atoms with Crippen molar-refractivity contribution in [3.05, 3.63) is 83.2 Å². The van der Waals surface area contributed by atoms with Gasteiger partial charge in [0.05, 0.1) is 24.6 Å². The maximum Gasteiger partial charge on any atom is 0.340 e. The van der Waals surface area contributed by atoms with Crippen LogP contribution in [0.25, 0.3) is 0 Å². The number of ether oxygens (including phenoxy) is 2. The lowest BCUT2D eigenvalue weighted by Crippen LogP contribution is -2.05. The van der Waals surface area contributed by atoms with Gasteiger partial charge in [-0.15, -0.1) is 0 Å². The number of carbonyl (C=O) groups is 1. The number of fused-ring (bicyclic) bond motifs is 1. The molecular weight excluding hydrogens is 376 g/mol. The number of pyridine rings is 1. The largest absolute Gasteiger partial charge is 0.465 e. The fourth-order valence-corrected chi connectivity index (χ4v) is 3.45. The number of aryl methyl sites for hydroxylation is 3. The third-order valence-electron chi connectivity index (χ3n) is 5.14. The van der Waals surface area contributed by atoms with E-state index < -0.39 is 0 Å². The van der Waals surface area contributed by atoms with Crippen LogP contribution in [0, 0.1) is 6.92 Å². The van der Waals surface area contributed by atoms with Crippen LogP contribution in [0.5, 0.6) is 11.5 Å². The number of anilines is 1. The fourth-order valence-electron chi connectivity index (χ4n) is 3.45. The van der Waals surface area contributed by atoms with Gasteiger partial charge in [-0.25, -0.2) is 4.79 Å². The number of nitrogens with one attached hydrogen (secondary N) is 1. The molecule has 0 unspecified atom stereocenters. The molecule has 5 heteroatoms. The summed E-state index contributed by atoms with van der Waals surface area (Å²) < 4.78 is 10.5. The van der Waals surface area contributed by atoms with Gasteiger partial charge in [0.15, 0.2) is 0 Å². The lowest BCUT2D eigenvalue weighted by atomic mass is 9.92. The lowest BCUT2D eigenvalue weighted by Gasteiger charge is -2.17. The molecule has 156 valence electrons. The van der Waals surface area contributed by atoms with Gasteiger partial charge in [0.2, 0.25) is 0 Å². The van der Waals surface area contributed by atoms with E-state index in [9.17, 15) is 4.79 Å². The lowest BCUT2D eigenvalue weighted by molar-refractivity contribution is 0.0601. The van der Waals surface area contributed by atoms with E-state index in [1.165, 1.54) is 49.5 Å². The first kappa shape index (κ1) is 21.4. The highest BCUT2D eigenvalue weighted by atomic mass is 16.5. The molecule has 1 N–H and O–H groups in total. The number of aromatic nitrogens is 1. The predicted molar refractivity (Wildman–Crippen MR) is 119 cm³/mol. The summed E-state index contributed by atoms with van der Waals surface area (Å²) in [7, 11) is 3.08. The molecule has 1 aliphatic carbocycles. The van der Waals surface area contributed by atoms with Crippen molar-refractivity contribution in [3.63, 3.8) is 0 Å². The summed E-state index contributed by atoms with van der Waals surface area (Å²) in [6, 6.07) is 16.3. The van der Waals surface area contributed by atoms with Gasteiger partial charge in [-0.2, -0.15) is 0 Å². The van der Waals surface area contributed by atoms with Gasteiger partial charge in [-0.1, -0.05) is 24.3 Å². The molecule has 0 atom stereocenters. The van der Waals surface area contributed by atoms with Crippen LogP contribution in [0.2, 0.25) is 0 Å². The van der Waals surface area contributed by atoms with Crippen molar-refractivity contribution >= 4 is 11.7 Å². The molecule has 0 aliphatic heterocycles. The van der Waals surface area contributed by atoms with E-state index in [1.54, 1.807) is 25.5 Å². The Hall–Kier alpha value is -3.34. The molecule has 1 aliphatic rings. The summed E-state index contributed by atoms with van der Waals surface area (Å²) in [6.45, 7) is 2.08. The number of hydrogen-bond acceptors (Lipinski definition) is 5. The topological polar surface area (TPSA) is 60.5 Å². The number of hydrogen-bond donors (Lipinski definition) is 1. The summed E-state index contributed by atoms with van der Waals surface area (Å²) >= 11 is 0. The molecule has 5 nitrogen and oxygen atoms in total. The van der Waals surface area contributed by atoms with Crippen LogP contribution in [-0.4, -0.2) is 25.1 Å². The zero-order chi connectivity index (χ0) is 21.3. The molecule has 0 fully saturated rings. The van der Waals surface area contributed by atoms with E-state index in [0.717, 1.165) is 11.5 Å². The Morgan fingerprint density at radius 2 is 1.80 bits per heavy atom. The number of nitrogens with zero attached hydrogens (tertiary/aromatic N) is 1. The molecule has 2 aromatic carbocycles. The standard InChI is InChI=1S/C17H18O.C8H10N2O2/c1-13-6-2-5-9-17(13)18-16-11-10-14-7-3-4-8-15(14)12-16;1-9-7-5-10-4-3-6(7)8(11)12-2/h2,5-6,9-12H,3-4,7-8H2,1H3;3-5,9H,1-2H3. The Kier molecular flexibility index (Phi) is 7.44. The van der Waals surface area contributed by atoms with Gasteiger partial charge in [0, 0.05) is 13.2 Å². The highest BCUT2D eigenvalue weighted by Crippen LogP contribution is 2.29. The summed E-state index contributed by atoms with van der Waals surface area (Å²) in [5, 5.41) is 2.85. The molecule has 4 rings (SSSR count). The van der Waals surface area contributed by atoms with Crippen molar-refractivity contribution in [1.82, 2.24) is 4.98 Å². The number of esters is 1. The number of benzene rings is 2. The zero-order valence-electron chi connectivity index (χ0n) is 17.8. The SMILES string of the molecule is CNc1cnccc1C(=O)OC.Cc1ccccc1Oc1ccc2c(c1)CCCC2. The number of para-hydroxylation sites is 1. The van der Waals surface area contributed by atoms with Crippen LogP contribution >= 0.6 is 0 Å². The molecule has 0 saturated carbocycles. The third-order valence-corrected chi connectivity index (χ3v) is 5.14. The first-order valence-electron chi connectivity index (χ1n) is 10.2. The Bertz CT molecular complexity index is 1000. The van der Waals surface area contributed by atoms with Gasteiger partial charge in [0.25, 0.3) is 0 Å². The van der Waals surface area contributed by atoms with Crippen LogP contribution in [0.1, 0.15) is 39.9 Å². The molecule has 1 aromatic heterocycles. The summed E-state index contributed by atoms with van der Waals surface area (Å²) in [5.41, 5.74) is 5.31. The zero-order valence-corrected chi connectivity index (χ0v) is 17.8. The molecule has 0 bridgehead atoms. The molecule has 3 aromatic rings. The maximum absolute atomic E-state index is 11.1. The molecule has 0 radical (unpaired) electrons. The van der Waals surface area contributed by atoms with Crippen LogP contribution in [0.3, 0.4) is 0 Å². The second-order valence-corrected chi connectivity index (χ2v) is 7.17. The molecule has 0 saturated heterocycles. The first-order valence-corrected chi connectivity index (χ1v) is 10.2. The monoisotopic (exact) mass is 404 g/mol. The summed E-state index contributed by atoms with van der Waals surface area (Å²) in [4.78, 5) is 15.0. The van der Waals surface area contributed by atoms with Gasteiger partial charge < -0.3 is 14.8 Å². The van der Waals surface area contributed by atoms with E-state index >= 15 is 0 Å². The minimum Gasteiger partial charge on any atom is -0.465 e. The minimum absolute atomic E-state index is 0.359. The Morgan fingerprint density at radius 3 is 2.53 bits per heavy atom. The highest BCUT2D eigenvalue weighted by molar-refractivity contribution is 5.95. The number of carbonyl (C=O) groups excluding carboxylic acids is 1. The van der Waals surface area contributed by atoms with Crippen LogP contribution in [0.15, 0.2) is 60.9 Å². The van der Waals surface area contributed by atoms with Crippen molar-refractivity contribution < 1.29 is 14.3 Å². The Morgan fingerprint density at radius 1 is 1.03 bits per heavy atom. The van der Waals surface area contributed by atoms with Gasteiger partial charge in [-0.3, -0.25) is 4.98 Å². The molecular formula is C25H28N2O3. The quantitative estimate of drug-likeness (QED) is 0.576. The number of rotatable bonds is 4. The second-order valence-electron chi connectivity index (χ2n) is 7.17. The van der Waals surface area contributed by atoms with Gasteiger partial charge in [0.1, 0.15) is 11.5 Å². The smallest absolute Gasteiger partial charge is 0.340 e. The Balaban J connectivity index is 0.000000187. The van der Waals surface area contributed by atoms with Crippen molar-refractivity contribution in [2.24, 2.45) is 0 Å². The first-order chi connectivity index (χ1) is 14.6. The Labute approximate surface area is 178 Å². The third kappa shape index (κ3) is 5.38. The van der Waals surface area contributed by atoms with E-state index in [-0.39, 0.29) is 5.97 Å². The van der Waals surface area contributed by atoms with Crippen molar-refractivity contribution in [1.29, 1.82) is 0 Å². The normalized spacial score (nSPS) is 12.1. The second kappa shape index (κ2) is 10.4. The van der Waals surface area contributed by atoms with Crippen molar-refractivity contribution in [3.8, 4) is 11.5 Å². The summed E-state index contributed by atoms with van der Waals surface area (Å²) in [5.74, 6) is 1.56. The average molecular weight is 405 g/mol. The predicted octanol–water partition coefficient (Wildman–Crippen LogP) is 5.58. The van der Waals surface area contributed by atoms with E-state index in [2.05, 4.69) is 46.2 Å². The van der Waals surface area contributed by atoms with Crippen molar-refractivity contribution in [2.45, 2.75) is 32.6 Å². The van der Waals surface area contributed by atoms with Gasteiger partial charge >= 0.3 is 5.97 Å².